The van der Waals surface area contributed by atoms with Crippen LogP contribution in [0.3, 0.4) is 0 Å². The quantitative estimate of drug-likeness (QED) is 0.579. The van der Waals surface area contributed by atoms with Crippen molar-refractivity contribution in [2.75, 3.05) is 0 Å². The van der Waals surface area contributed by atoms with E-state index in [0.29, 0.717) is 0 Å². The number of hydrogen-bond donors (Lipinski definition) is 0. The van der Waals surface area contributed by atoms with E-state index in [2.05, 4.69) is 11.1 Å². The third-order valence-corrected chi connectivity index (χ3v) is 4.70. The molecule has 2 aromatic heterocycles. The summed E-state index contributed by atoms with van der Waals surface area (Å²) in [5.74, 6) is 0. The van der Waals surface area contributed by atoms with Crippen LogP contribution in [0.15, 0.2) is 41.3 Å². The van der Waals surface area contributed by atoms with Gasteiger partial charge in [-0.1, -0.05) is 18.2 Å². The van der Waals surface area contributed by atoms with Crippen LogP contribution < -0.4 is 5.43 Å². The molecule has 0 spiro atoms. The molecule has 0 radical (unpaired) electrons. The lowest BCUT2D eigenvalue weighted by Crippen LogP contribution is -2.08. The smallest absolute Gasteiger partial charge is 0.196 e. The predicted octanol–water partition coefficient (Wildman–Crippen LogP) is 3.77. The molecule has 1 aliphatic rings. The predicted molar refractivity (Wildman–Crippen MR) is 80.8 cm³/mol. The molecule has 0 atom stereocenters. The topological polar surface area (TPSA) is 30.0 Å². The zero-order valence-corrected chi connectivity index (χ0v) is 11.0. The Balaban J connectivity index is 2.26. The summed E-state index contributed by atoms with van der Waals surface area (Å²) in [6.07, 6.45) is 7.89. The Morgan fingerprint density at radius 1 is 1.16 bits per heavy atom. The van der Waals surface area contributed by atoms with Crippen molar-refractivity contribution in [1.82, 2.24) is 4.98 Å². The standard InChI is InChI=1S/C16H11NOS/c18-16-11-6-2-4-8-13(11)19-14-9-17-12-7-3-1-5-10(12)15(14)16/h2-4,6-9H,1,5H2. The fourth-order valence-corrected chi connectivity index (χ4v) is 3.77. The van der Waals surface area contributed by atoms with Crippen molar-refractivity contribution in [3.05, 3.63) is 58.0 Å². The van der Waals surface area contributed by atoms with Gasteiger partial charge in [-0.05, 0) is 36.6 Å². The van der Waals surface area contributed by atoms with E-state index in [1.165, 1.54) is 0 Å². The first-order chi connectivity index (χ1) is 9.34. The van der Waals surface area contributed by atoms with Crippen LogP contribution in [0.5, 0.6) is 0 Å². The van der Waals surface area contributed by atoms with Gasteiger partial charge >= 0.3 is 0 Å². The largest absolute Gasteiger partial charge is 0.288 e. The molecule has 0 unspecified atom stereocenters. The van der Waals surface area contributed by atoms with Crippen molar-refractivity contribution in [3.63, 3.8) is 0 Å². The summed E-state index contributed by atoms with van der Waals surface area (Å²) in [6, 6.07) is 7.81. The van der Waals surface area contributed by atoms with Gasteiger partial charge in [-0.3, -0.25) is 9.78 Å². The van der Waals surface area contributed by atoms with E-state index in [9.17, 15) is 4.79 Å². The maximum atomic E-state index is 12.7. The minimum Gasteiger partial charge on any atom is -0.288 e. The molecular weight excluding hydrogens is 254 g/mol. The molecule has 2 heterocycles. The minimum atomic E-state index is 0.151. The minimum absolute atomic E-state index is 0.151. The van der Waals surface area contributed by atoms with E-state index < -0.39 is 0 Å². The highest BCUT2D eigenvalue weighted by molar-refractivity contribution is 7.24. The van der Waals surface area contributed by atoms with Crippen LogP contribution in [0.2, 0.25) is 0 Å². The summed E-state index contributed by atoms with van der Waals surface area (Å²) in [6.45, 7) is 0. The Kier molecular flexibility index (Phi) is 2.29. The number of nitrogens with zero attached hydrogens (tertiary/aromatic N) is 1. The van der Waals surface area contributed by atoms with Crippen molar-refractivity contribution in [2.24, 2.45) is 0 Å². The second-order valence-electron chi connectivity index (χ2n) is 4.73. The summed E-state index contributed by atoms with van der Waals surface area (Å²) < 4.78 is 2.03. The number of hydrogen-bond acceptors (Lipinski definition) is 3. The number of aryl methyl sites for hydroxylation is 1. The van der Waals surface area contributed by atoms with E-state index in [1.54, 1.807) is 11.3 Å². The molecule has 2 nitrogen and oxygen atoms in total. The number of allylic oxidation sites excluding steroid dienone is 1. The molecule has 0 amide bonds. The van der Waals surface area contributed by atoms with Gasteiger partial charge < -0.3 is 0 Å². The second kappa shape index (κ2) is 4.00. The molecule has 0 aliphatic heterocycles. The molecule has 0 saturated carbocycles. The van der Waals surface area contributed by atoms with Gasteiger partial charge in [-0.25, -0.2) is 0 Å². The molecule has 3 aromatic rings. The van der Waals surface area contributed by atoms with Gasteiger partial charge in [0.15, 0.2) is 5.43 Å². The van der Waals surface area contributed by atoms with E-state index >= 15 is 0 Å². The van der Waals surface area contributed by atoms with E-state index in [-0.39, 0.29) is 5.43 Å². The highest BCUT2D eigenvalue weighted by Crippen LogP contribution is 2.29. The zero-order chi connectivity index (χ0) is 12.8. The summed E-state index contributed by atoms with van der Waals surface area (Å²) in [7, 11) is 0. The molecule has 0 bridgehead atoms. The van der Waals surface area contributed by atoms with Crippen LogP contribution in [-0.4, -0.2) is 4.98 Å². The number of pyridine rings is 1. The van der Waals surface area contributed by atoms with E-state index in [1.807, 2.05) is 36.5 Å². The van der Waals surface area contributed by atoms with Gasteiger partial charge in [-0.2, -0.15) is 0 Å². The average molecular weight is 265 g/mol. The zero-order valence-electron chi connectivity index (χ0n) is 10.2. The molecule has 1 aromatic carbocycles. The average Bonchev–Trinajstić information content (AvgIpc) is 2.47. The number of aromatic nitrogens is 1. The Bertz CT molecular complexity index is 892. The Labute approximate surface area is 114 Å². The second-order valence-corrected chi connectivity index (χ2v) is 5.81. The normalized spacial score (nSPS) is 13.9. The SMILES string of the molecule is O=c1c2ccccc2sc2cnc3c(c12)CCC=C3. The third kappa shape index (κ3) is 1.55. The summed E-state index contributed by atoms with van der Waals surface area (Å²) in [5.41, 5.74) is 2.23. The van der Waals surface area contributed by atoms with Gasteiger partial charge in [0.2, 0.25) is 0 Å². The highest BCUT2D eigenvalue weighted by Gasteiger charge is 2.14. The van der Waals surface area contributed by atoms with Gasteiger partial charge in [0.05, 0.1) is 10.4 Å². The summed E-state index contributed by atoms with van der Waals surface area (Å²) in [4.78, 5) is 17.2. The number of fused-ring (bicyclic) bond motifs is 4. The first kappa shape index (κ1) is 10.9. The third-order valence-electron chi connectivity index (χ3n) is 3.59. The lowest BCUT2D eigenvalue weighted by Gasteiger charge is -2.12. The maximum absolute atomic E-state index is 12.7. The van der Waals surface area contributed by atoms with Crippen molar-refractivity contribution < 1.29 is 0 Å². The van der Waals surface area contributed by atoms with Crippen LogP contribution in [-0.2, 0) is 6.42 Å². The Morgan fingerprint density at radius 2 is 2.05 bits per heavy atom. The lowest BCUT2D eigenvalue weighted by atomic mass is 9.98. The van der Waals surface area contributed by atoms with Crippen LogP contribution in [0.1, 0.15) is 17.7 Å². The maximum Gasteiger partial charge on any atom is 0.196 e. The van der Waals surface area contributed by atoms with Crippen LogP contribution in [0.25, 0.3) is 26.2 Å². The Morgan fingerprint density at radius 3 is 3.00 bits per heavy atom. The molecule has 4 rings (SSSR count). The fourth-order valence-electron chi connectivity index (χ4n) is 2.69. The van der Waals surface area contributed by atoms with Crippen molar-refractivity contribution in [2.45, 2.75) is 12.8 Å². The van der Waals surface area contributed by atoms with Crippen LogP contribution >= 0.6 is 11.3 Å². The summed E-state index contributed by atoms with van der Waals surface area (Å²) >= 11 is 1.65. The van der Waals surface area contributed by atoms with Gasteiger partial charge in [0.1, 0.15) is 0 Å². The van der Waals surface area contributed by atoms with Gasteiger partial charge in [-0.15, -0.1) is 11.3 Å². The number of benzene rings is 1. The first-order valence-corrected chi connectivity index (χ1v) is 7.16. The summed E-state index contributed by atoms with van der Waals surface area (Å²) in [5, 5.41) is 1.70. The highest BCUT2D eigenvalue weighted by atomic mass is 32.1. The number of rotatable bonds is 0. The van der Waals surface area contributed by atoms with Gasteiger partial charge in [0.25, 0.3) is 0 Å². The molecule has 0 fully saturated rings. The molecule has 0 N–H and O–H groups in total. The molecule has 19 heavy (non-hydrogen) atoms. The van der Waals surface area contributed by atoms with E-state index in [4.69, 9.17) is 0 Å². The molecular formula is C16H11NOS. The first-order valence-electron chi connectivity index (χ1n) is 6.34. The van der Waals surface area contributed by atoms with Crippen molar-refractivity contribution in [1.29, 1.82) is 0 Å². The molecule has 0 saturated heterocycles. The van der Waals surface area contributed by atoms with Crippen LogP contribution in [0.4, 0.5) is 0 Å². The Hall–Kier alpha value is -2.00. The lowest BCUT2D eigenvalue weighted by molar-refractivity contribution is 0.978. The van der Waals surface area contributed by atoms with Crippen LogP contribution in [0, 0.1) is 0 Å². The van der Waals surface area contributed by atoms with E-state index in [0.717, 1.165) is 44.3 Å². The van der Waals surface area contributed by atoms with Gasteiger partial charge in [0, 0.05) is 21.7 Å². The molecule has 92 valence electrons. The molecule has 3 heteroatoms. The molecule has 1 aliphatic carbocycles. The monoisotopic (exact) mass is 265 g/mol. The van der Waals surface area contributed by atoms with Crippen molar-refractivity contribution >= 4 is 37.6 Å². The fraction of sp³-hybridized carbons (Fsp3) is 0.125. The van der Waals surface area contributed by atoms with Crippen molar-refractivity contribution in [3.8, 4) is 0 Å².